The first-order chi connectivity index (χ1) is 7.17. The van der Waals surface area contributed by atoms with Crippen molar-refractivity contribution >= 4 is 12.4 Å². The number of nitrogens with zero attached hydrogens (tertiary/aromatic N) is 1. The van der Waals surface area contributed by atoms with Gasteiger partial charge in [0.15, 0.2) is 0 Å². The van der Waals surface area contributed by atoms with Crippen molar-refractivity contribution in [3.63, 3.8) is 0 Å². The molecular weight excluding hydrogens is 189 g/mol. The van der Waals surface area contributed by atoms with E-state index in [-0.39, 0.29) is 5.82 Å². The molecule has 1 aromatic rings. The van der Waals surface area contributed by atoms with E-state index < -0.39 is 0 Å². The number of fused-ring (bicyclic) bond motifs is 1. The molecule has 15 heavy (non-hydrogen) atoms. The molecule has 1 aromatic carbocycles. The molecule has 1 aliphatic rings. The molecule has 2 heteroatoms. The molecule has 0 bridgehead atoms. The van der Waals surface area contributed by atoms with Gasteiger partial charge >= 0.3 is 0 Å². The third kappa shape index (κ3) is 1.58. The van der Waals surface area contributed by atoms with Gasteiger partial charge in [-0.1, -0.05) is 13.3 Å². The lowest BCUT2D eigenvalue weighted by Gasteiger charge is -2.08. The molecule has 1 nitrogen and oxygen atoms in total. The Morgan fingerprint density at radius 1 is 1.47 bits per heavy atom. The second-order valence-corrected chi connectivity index (χ2v) is 4.30. The maximum absolute atomic E-state index is 13.7. The maximum atomic E-state index is 13.7. The van der Waals surface area contributed by atoms with Crippen LogP contribution in [0.3, 0.4) is 0 Å². The summed E-state index contributed by atoms with van der Waals surface area (Å²) < 4.78 is 13.7. The first kappa shape index (κ1) is 10.3. The fraction of sp³-hybridized carbons (Fsp3) is 0.462. The van der Waals surface area contributed by atoms with E-state index in [9.17, 15) is 4.39 Å². The van der Waals surface area contributed by atoms with Gasteiger partial charge in [-0.2, -0.15) is 0 Å². The van der Waals surface area contributed by atoms with Gasteiger partial charge in [-0.25, -0.2) is 4.39 Å². The van der Waals surface area contributed by atoms with Crippen LogP contribution >= 0.6 is 0 Å². The topological polar surface area (TPSA) is 12.4 Å². The van der Waals surface area contributed by atoms with Crippen LogP contribution in [0.5, 0.6) is 0 Å². The van der Waals surface area contributed by atoms with E-state index in [0.717, 1.165) is 30.4 Å². The Morgan fingerprint density at radius 3 is 2.73 bits per heavy atom. The van der Waals surface area contributed by atoms with Crippen LogP contribution in [0.1, 0.15) is 30.0 Å². The molecule has 1 unspecified atom stereocenters. The highest BCUT2D eigenvalue weighted by molar-refractivity contribution is 5.58. The first-order valence-corrected chi connectivity index (χ1v) is 5.45. The lowest BCUT2D eigenvalue weighted by molar-refractivity contribution is 0.531. The van der Waals surface area contributed by atoms with Crippen molar-refractivity contribution in [1.82, 2.24) is 0 Å². The van der Waals surface area contributed by atoms with Crippen LogP contribution < -0.4 is 0 Å². The summed E-state index contributed by atoms with van der Waals surface area (Å²) in [5.41, 5.74) is 3.89. The Bertz CT molecular complexity index is 409. The molecule has 0 saturated heterocycles. The lowest BCUT2D eigenvalue weighted by Crippen LogP contribution is -1.96. The largest absolute Gasteiger partial charge is 0.264 e. The van der Waals surface area contributed by atoms with Crippen LogP contribution in [0.2, 0.25) is 0 Å². The van der Waals surface area contributed by atoms with Gasteiger partial charge in [0.2, 0.25) is 0 Å². The third-order valence-electron chi connectivity index (χ3n) is 3.49. The molecule has 2 rings (SSSR count). The van der Waals surface area contributed by atoms with E-state index in [0.29, 0.717) is 11.6 Å². The standard InChI is InChI=1S/C13H16FN/c1-4-9-5-10-8(2)13(15-3)7-12(14)11(10)6-9/h7,9H,3-6H2,1-2H3. The Kier molecular flexibility index (Phi) is 2.59. The zero-order chi connectivity index (χ0) is 11.0. The van der Waals surface area contributed by atoms with Crippen molar-refractivity contribution in [2.75, 3.05) is 0 Å². The summed E-state index contributed by atoms with van der Waals surface area (Å²) in [7, 11) is 0. The summed E-state index contributed by atoms with van der Waals surface area (Å²) in [6, 6.07) is 1.51. The number of aliphatic imine (C=N–C) groups is 1. The fourth-order valence-corrected chi connectivity index (χ4v) is 2.44. The molecule has 0 amide bonds. The quantitative estimate of drug-likeness (QED) is 0.654. The van der Waals surface area contributed by atoms with Crippen molar-refractivity contribution in [2.45, 2.75) is 33.1 Å². The highest BCUT2D eigenvalue weighted by Gasteiger charge is 2.25. The molecule has 1 atom stereocenters. The Hall–Kier alpha value is -1.18. The predicted octanol–water partition coefficient (Wildman–Crippen LogP) is 3.59. The smallest absolute Gasteiger partial charge is 0.128 e. The van der Waals surface area contributed by atoms with E-state index in [1.807, 2.05) is 6.92 Å². The summed E-state index contributed by atoms with van der Waals surface area (Å²) in [5, 5.41) is 0. The highest BCUT2D eigenvalue weighted by Crippen LogP contribution is 2.36. The van der Waals surface area contributed by atoms with Crippen LogP contribution in [0.15, 0.2) is 11.1 Å². The number of hydrogen-bond acceptors (Lipinski definition) is 1. The molecule has 0 radical (unpaired) electrons. The minimum absolute atomic E-state index is 0.103. The van der Waals surface area contributed by atoms with Crippen LogP contribution in [0, 0.1) is 18.7 Å². The molecule has 0 heterocycles. The molecular formula is C13H16FN. The molecule has 1 aliphatic carbocycles. The van der Waals surface area contributed by atoms with Gasteiger partial charge in [0, 0.05) is 6.07 Å². The summed E-state index contributed by atoms with van der Waals surface area (Å²) in [5.74, 6) is 0.502. The van der Waals surface area contributed by atoms with Gasteiger partial charge in [-0.05, 0) is 49.1 Å². The minimum atomic E-state index is -0.103. The van der Waals surface area contributed by atoms with E-state index in [2.05, 4.69) is 18.6 Å². The number of benzene rings is 1. The van der Waals surface area contributed by atoms with Crippen LogP contribution in [0.25, 0.3) is 0 Å². The Balaban J connectivity index is 2.53. The molecule has 0 aromatic heterocycles. The van der Waals surface area contributed by atoms with Gasteiger partial charge in [0.1, 0.15) is 5.82 Å². The molecule has 0 saturated carbocycles. The van der Waals surface area contributed by atoms with Gasteiger partial charge in [0.25, 0.3) is 0 Å². The van der Waals surface area contributed by atoms with Crippen molar-refractivity contribution in [1.29, 1.82) is 0 Å². The van der Waals surface area contributed by atoms with Crippen molar-refractivity contribution in [2.24, 2.45) is 10.9 Å². The fourth-order valence-electron chi connectivity index (χ4n) is 2.44. The van der Waals surface area contributed by atoms with E-state index >= 15 is 0 Å². The molecule has 0 spiro atoms. The number of hydrogen-bond donors (Lipinski definition) is 0. The van der Waals surface area contributed by atoms with Crippen molar-refractivity contribution in [3.8, 4) is 0 Å². The number of rotatable bonds is 2. The summed E-state index contributed by atoms with van der Waals surface area (Å²) in [6.45, 7) is 7.66. The first-order valence-electron chi connectivity index (χ1n) is 5.45. The van der Waals surface area contributed by atoms with Gasteiger partial charge in [-0.3, -0.25) is 4.99 Å². The van der Waals surface area contributed by atoms with Crippen LogP contribution in [0.4, 0.5) is 10.1 Å². The minimum Gasteiger partial charge on any atom is -0.264 e. The van der Waals surface area contributed by atoms with E-state index in [1.54, 1.807) is 0 Å². The SMILES string of the molecule is C=Nc1cc(F)c2c(c1C)CC(CC)C2. The zero-order valence-electron chi connectivity index (χ0n) is 9.31. The van der Waals surface area contributed by atoms with Gasteiger partial charge in [-0.15, -0.1) is 0 Å². The normalized spacial score (nSPS) is 19.0. The summed E-state index contributed by atoms with van der Waals surface area (Å²) in [6.07, 6.45) is 3.00. The van der Waals surface area contributed by atoms with Crippen LogP contribution in [-0.2, 0) is 12.8 Å². The monoisotopic (exact) mass is 205 g/mol. The second-order valence-electron chi connectivity index (χ2n) is 4.30. The molecule has 0 fully saturated rings. The average molecular weight is 205 g/mol. The zero-order valence-corrected chi connectivity index (χ0v) is 9.31. The summed E-state index contributed by atoms with van der Waals surface area (Å²) >= 11 is 0. The molecule has 0 aliphatic heterocycles. The third-order valence-corrected chi connectivity index (χ3v) is 3.49. The Labute approximate surface area is 90.0 Å². The van der Waals surface area contributed by atoms with E-state index in [1.165, 1.54) is 11.6 Å². The number of halogens is 1. The second kappa shape index (κ2) is 3.76. The van der Waals surface area contributed by atoms with Gasteiger partial charge in [0.05, 0.1) is 5.69 Å². The molecule has 80 valence electrons. The summed E-state index contributed by atoms with van der Waals surface area (Å²) in [4.78, 5) is 3.87. The predicted molar refractivity (Wildman–Crippen MR) is 61.5 cm³/mol. The van der Waals surface area contributed by atoms with Gasteiger partial charge < -0.3 is 0 Å². The lowest BCUT2D eigenvalue weighted by atomic mass is 10.0. The highest BCUT2D eigenvalue weighted by atomic mass is 19.1. The van der Waals surface area contributed by atoms with Crippen molar-refractivity contribution < 1.29 is 4.39 Å². The maximum Gasteiger partial charge on any atom is 0.128 e. The molecule has 0 N–H and O–H groups in total. The average Bonchev–Trinajstić information content (AvgIpc) is 2.68. The Morgan fingerprint density at radius 2 is 2.13 bits per heavy atom. The van der Waals surface area contributed by atoms with Crippen LogP contribution in [-0.4, -0.2) is 6.72 Å². The van der Waals surface area contributed by atoms with Crippen molar-refractivity contribution in [3.05, 3.63) is 28.6 Å². The van der Waals surface area contributed by atoms with E-state index in [4.69, 9.17) is 0 Å².